The van der Waals surface area contributed by atoms with Crippen molar-refractivity contribution in [2.75, 3.05) is 7.11 Å². The average Bonchev–Trinajstić information content (AvgIpc) is 2.48. The van der Waals surface area contributed by atoms with E-state index in [4.69, 9.17) is 4.74 Å². The summed E-state index contributed by atoms with van der Waals surface area (Å²) in [6.45, 7) is 4.96. The van der Waals surface area contributed by atoms with E-state index in [9.17, 15) is 4.39 Å². The number of methoxy groups -OCH3 is 1. The molecule has 0 aliphatic carbocycles. The SMILES string of the molecule is COc1ccc(C)cc1CNC(C)Cc1ccc(F)cc1. The van der Waals surface area contributed by atoms with Crippen molar-refractivity contribution < 1.29 is 9.13 Å². The summed E-state index contributed by atoms with van der Waals surface area (Å²) < 4.78 is 18.3. The van der Waals surface area contributed by atoms with Gasteiger partial charge in [-0.25, -0.2) is 4.39 Å². The van der Waals surface area contributed by atoms with Gasteiger partial charge in [0.1, 0.15) is 11.6 Å². The molecule has 0 bridgehead atoms. The minimum Gasteiger partial charge on any atom is -0.496 e. The van der Waals surface area contributed by atoms with E-state index in [0.717, 1.165) is 29.8 Å². The number of aryl methyl sites for hydroxylation is 1. The third-order valence-electron chi connectivity index (χ3n) is 3.53. The maximum Gasteiger partial charge on any atom is 0.123 e. The first-order valence-corrected chi connectivity index (χ1v) is 7.20. The van der Waals surface area contributed by atoms with Crippen LogP contribution in [0.5, 0.6) is 5.75 Å². The average molecular weight is 287 g/mol. The quantitative estimate of drug-likeness (QED) is 0.871. The Morgan fingerprint density at radius 2 is 1.86 bits per heavy atom. The summed E-state index contributed by atoms with van der Waals surface area (Å²) >= 11 is 0. The highest BCUT2D eigenvalue weighted by molar-refractivity contribution is 5.36. The Bertz CT molecular complexity index is 580. The van der Waals surface area contributed by atoms with Crippen molar-refractivity contribution in [1.82, 2.24) is 5.32 Å². The highest BCUT2D eigenvalue weighted by atomic mass is 19.1. The molecule has 0 radical (unpaired) electrons. The van der Waals surface area contributed by atoms with Crippen LogP contribution in [0, 0.1) is 12.7 Å². The lowest BCUT2D eigenvalue weighted by molar-refractivity contribution is 0.405. The Hall–Kier alpha value is -1.87. The predicted molar refractivity (Wildman–Crippen MR) is 84.1 cm³/mol. The Morgan fingerprint density at radius 3 is 2.52 bits per heavy atom. The fraction of sp³-hybridized carbons (Fsp3) is 0.333. The first kappa shape index (κ1) is 15.5. The molecule has 2 rings (SSSR count). The van der Waals surface area contributed by atoms with Crippen molar-refractivity contribution in [3.05, 3.63) is 65.0 Å². The van der Waals surface area contributed by atoms with E-state index in [1.165, 1.54) is 17.7 Å². The van der Waals surface area contributed by atoms with Gasteiger partial charge >= 0.3 is 0 Å². The molecular weight excluding hydrogens is 265 g/mol. The van der Waals surface area contributed by atoms with Gasteiger partial charge in [-0.15, -0.1) is 0 Å². The first-order chi connectivity index (χ1) is 10.1. The molecule has 1 unspecified atom stereocenters. The van der Waals surface area contributed by atoms with Gasteiger partial charge in [0.2, 0.25) is 0 Å². The zero-order valence-electron chi connectivity index (χ0n) is 12.8. The van der Waals surface area contributed by atoms with E-state index in [2.05, 4.69) is 25.2 Å². The molecule has 0 aliphatic heterocycles. The second kappa shape index (κ2) is 7.23. The summed E-state index contributed by atoms with van der Waals surface area (Å²) in [5.74, 6) is 0.714. The highest BCUT2D eigenvalue weighted by Gasteiger charge is 2.07. The maximum atomic E-state index is 12.9. The smallest absolute Gasteiger partial charge is 0.123 e. The summed E-state index contributed by atoms with van der Waals surface area (Å²) in [6, 6.07) is 13.2. The lowest BCUT2D eigenvalue weighted by Gasteiger charge is -2.16. The summed E-state index contributed by atoms with van der Waals surface area (Å²) in [5, 5.41) is 3.49. The first-order valence-electron chi connectivity index (χ1n) is 7.20. The molecule has 0 saturated carbocycles. The molecule has 1 N–H and O–H groups in total. The number of hydrogen-bond donors (Lipinski definition) is 1. The number of halogens is 1. The predicted octanol–water partition coefficient (Wildman–Crippen LogP) is 3.86. The molecule has 112 valence electrons. The summed E-state index contributed by atoms with van der Waals surface area (Å²) in [4.78, 5) is 0. The maximum absolute atomic E-state index is 12.9. The molecule has 21 heavy (non-hydrogen) atoms. The van der Waals surface area contributed by atoms with Gasteiger partial charge in [0.05, 0.1) is 7.11 Å². The molecule has 0 aliphatic rings. The van der Waals surface area contributed by atoms with Crippen molar-refractivity contribution in [2.24, 2.45) is 0 Å². The van der Waals surface area contributed by atoms with Crippen LogP contribution in [0.25, 0.3) is 0 Å². The van der Waals surface area contributed by atoms with Crippen LogP contribution in [0.1, 0.15) is 23.6 Å². The van der Waals surface area contributed by atoms with Crippen LogP contribution in [-0.4, -0.2) is 13.2 Å². The Labute approximate surface area is 126 Å². The second-order valence-corrected chi connectivity index (χ2v) is 5.43. The van der Waals surface area contributed by atoms with Crippen LogP contribution in [0.3, 0.4) is 0 Å². The van der Waals surface area contributed by atoms with Crippen LogP contribution < -0.4 is 10.1 Å². The molecule has 0 aromatic heterocycles. The van der Waals surface area contributed by atoms with E-state index in [1.807, 2.05) is 24.3 Å². The van der Waals surface area contributed by atoms with Gasteiger partial charge in [-0.3, -0.25) is 0 Å². The van der Waals surface area contributed by atoms with E-state index in [1.54, 1.807) is 7.11 Å². The monoisotopic (exact) mass is 287 g/mol. The number of ether oxygens (including phenoxy) is 1. The topological polar surface area (TPSA) is 21.3 Å². The molecule has 0 spiro atoms. The molecule has 0 heterocycles. The zero-order chi connectivity index (χ0) is 15.2. The van der Waals surface area contributed by atoms with Gasteiger partial charge in [0.25, 0.3) is 0 Å². The highest BCUT2D eigenvalue weighted by Crippen LogP contribution is 2.19. The lowest BCUT2D eigenvalue weighted by atomic mass is 10.1. The zero-order valence-corrected chi connectivity index (χ0v) is 12.8. The molecule has 0 saturated heterocycles. The standard InChI is InChI=1S/C18H22FNO/c1-13-4-9-18(21-3)16(10-13)12-20-14(2)11-15-5-7-17(19)8-6-15/h4-10,14,20H,11-12H2,1-3H3. The number of nitrogens with one attached hydrogen (secondary N) is 1. The number of rotatable bonds is 6. The van der Waals surface area contributed by atoms with Crippen LogP contribution in [-0.2, 0) is 13.0 Å². The van der Waals surface area contributed by atoms with Gasteiger partial charge in [-0.2, -0.15) is 0 Å². The Balaban J connectivity index is 1.93. The number of hydrogen-bond acceptors (Lipinski definition) is 2. The third kappa shape index (κ3) is 4.57. The number of benzene rings is 2. The molecule has 0 fully saturated rings. The molecule has 3 heteroatoms. The fourth-order valence-electron chi connectivity index (χ4n) is 2.38. The van der Waals surface area contributed by atoms with E-state index in [-0.39, 0.29) is 5.82 Å². The summed E-state index contributed by atoms with van der Waals surface area (Å²) in [5.41, 5.74) is 3.51. The van der Waals surface area contributed by atoms with E-state index < -0.39 is 0 Å². The fourth-order valence-corrected chi connectivity index (χ4v) is 2.38. The summed E-state index contributed by atoms with van der Waals surface area (Å²) in [6.07, 6.45) is 0.869. The van der Waals surface area contributed by atoms with Crippen LogP contribution in [0.4, 0.5) is 4.39 Å². The van der Waals surface area contributed by atoms with Crippen molar-refractivity contribution in [3.8, 4) is 5.75 Å². The Morgan fingerprint density at radius 1 is 1.14 bits per heavy atom. The van der Waals surface area contributed by atoms with Crippen molar-refractivity contribution in [3.63, 3.8) is 0 Å². The molecule has 2 nitrogen and oxygen atoms in total. The van der Waals surface area contributed by atoms with Gasteiger partial charge in [0, 0.05) is 18.2 Å². The minimum absolute atomic E-state index is 0.191. The minimum atomic E-state index is -0.191. The van der Waals surface area contributed by atoms with Gasteiger partial charge in [0.15, 0.2) is 0 Å². The van der Waals surface area contributed by atoms with Crippen LogP contribution >= 0.6 is 0 Å². The van der Waals surface area contributed by atoms with E-state index in [0.29, 0.717) is 6.04 Å². The molecule has 2 aromatic carbocycles. The van der Waals surface area contributed by atoms with Gasteiger partial charge < -0.3 is 10.1 Å². The summed E-state index contributed by atoms with van der Waals surface area (Å²) in [7, 11) is 1.69. The van der Waals surface area contributed by atoms with Gasteiger partial charge in [-0.1, -0.05) is 29.8 Å². The normalized spacial score (nSPS) is 12.2. The van der Waals surface area contributed by atoms with Crippen molar-refractivity contribution in [2.45, 2.75) is 32.9 Å². The van der Waals surface area contributed by atoms with Crippen molar-refractivity contribution in [1.29, 1.82) is 0 Å². The Kier molecular flexibility index (Phi) is 5.34. The second-order valence-electron chi connectivity index (χ2n) is 5.43. The van der Waals surface area contributed by atoms with E-state index >= 15 is 0 Å². The van der Waals surface area contributed by atoms with Gasteiger partial charge in [-0.05, 0) is 44.0 Å². The van der Waals surface area contributed by atoms with Crippen LogP contribution in [0.15, 0.2) is 42.5 Å². The largest absolute Gasteiger partial charge is 0.496 e. The molecule has 0 amide bonds. The van der Waals surface area contributed by atoms with Crippen LogP contribution in [0.2, 0.25) is 0 Å². The van der Waals surface area contributed by atoms with Crippen molar-refractivity contribution >= 4 is 0 Å². The molecular formula is C18H22FNO. The molecule has 1 atom stereocenters. The third-order valence-corrected chi connectivity index (χ3v) is 3.53. The lowest BCUT2D eigenvalue weighted by Crippen LogP contribution is -2.27. The molecule has 2 aromatic rings.